The summed E-state index contributed by atoms with van der Waals surface area (Å²) in [5.41, 5.74) is 4.00. The molecule has 8 heteroatoms. The molecule has 0 spiro atoms. The first-order valence-electron chi connectivity index (χ1n) is 10.5. The molecule has 0 aliphatic carbocycles. The van der Waals surface area contributed by atoms with Gasteiger partial charge in [-0.05, 0) is 60.5 Å². The molecule has 2 aliphatic heterocycles. The van der Waals surface area contributed by atoms with Crippen molar-refractivity contribution < 1.29 is 14.3 Å². The highest BCUT2D eigenvalue weighted by Gasteiger charge is 2.47. The van der Waals surface area contributed by atoms with Crippen LogP contribution in [0.4, 0.5) is 16.2 Å². The fourth-order valence-corrected chi connectivity index (χ4v) is 4.36. The third kappa shape index (κ3) is 4.76. The van der Waals surface area contributed by atoms with Crippen molar-refractivity contribution in [1.82, 2.24) is 9.80 Å². The Morgan fingerprint density at radius 1 is 1.10 bits per heavy atom. The molecule has 2 heterocycles. The molecule has 2 N–H and O–H groups in total. The number of ether oxygens (including phenoxy) is 1. The van der Waals surface area contributed by atoms with E-state index in [0.29, 0.717) is 12.2 Å². The fraction of sp³-hybridized carbons (Fsp3) is 0.391. The van der Waals surface area contributed by atoms with Gasteiger partial charge in [-0.1, -0.05) is 28.9 Å². The minimum atomic E-state index is -0.674. The average Bonchev–Trinajstić information content (AvgIpc) is 2.74. The van der Waals surface area contributed by atoms with E-state index in [9.17, 15) is 9.59 Å². The van der Waals surface area contributed by atoms with Crippen molar-refractivity contribution in [3.8, 4) is 0 Å². The number of likely N-dealkylation sites (N-methyl/N-ethyl adjacent to an activating group) is 1. The number of anilines is 2. The zero-order chi connectivity index (χ0) is 22.0. The molecule has 1 saturated heterocycles. The largest absolute Gasteiger partial charge is 0.377 e. The normalized spacial score (nSPS) is 20.5. The maximum absolute atomic E-state index is 13.0. The van der Waals surface area contributed by atoms with Crippen LogP contribution >= 0.6 is 15.9 Å². The van der Waals surface area contributed by atoms with Crippen LogP contribution in [0.1, 0.15) is 18.1 Å². The molecule has 0 bridgehead atoms. The summed E-state index contributed by atoms with van der Waals surface area (Å²) >= 11 is 3.38. The van der Waals surface area contributed by atoms with E-state index in [4.69, 9.17) is 4.74 Å². The number of urea groups is 1. The van der Waals surface area contributed by atoms with Gasteiger partial charge in [-0.2, -0.15) is 0 Å². The molecule has 0 saturated carbocycles. The van der Waals surface area contributed by atoms with Crippen LogP contribution in [0.25, 0.3) is 0 Å². The number of halogens is 1. The number of nitrogens with zero attached hydrogens (tertiary/aromatic N) is 2. The zero-order valence-electron chi connectivity index (χ0n) is 17.7. The number of carbonyl (C=O) groups is 2. The Labute approximate surface area is 190 Å². The number of rotatable bonds is 5. The van der Waals surface area contributed by atoms with Crippen LogP contribution in [-0.4, -0.2) is 60.6 Å². The fourth-order valence-electron chi connectivity index (χ4n) is 4.10. The van der Waals surface area contributed by atoms with Gasteiger partial charge in [0.25, 0.3) is 0 Å². The maximum atomic E-state index is 13.0. The number of amides is 3. The molecule has 31 heavy (non-hydrogen) atoms. The molecule has 164 valence electrons. The minimum Gasteiger partial charge on any atom is -0.377 e. The summed E-state index contributed by atoms with van der Waals surface area (Å²) in [5, 5.41) is 5.82. The molecular formula is C23H27BrN4O3. The van der Waals surface area contributed by atoms with Gasteiger partial charge < -0.3 is 20.3 Å². The van der Waals surface area contributed by atoms with Gasteiger partial charge in [0.05, 0.1) is 6.54 Å². The van der Waals surface area contributed by atoms with Gasteiger partial charge in [-0.15, -0.1) is 0 Å². The van der Waals surface area contributed by atoms with Crippen molar-refractivity contribution >= 4 is 39.2 Å². The number of nitrogens with one attached hydrogen (secondary N) is 2. The molecule has 3 amide bonds. The van der Waals surface area contributed by atoms with Crippen LogP contribution in [0.2, 0.25) is 0 Å². The zero-order valence-corrected chi connectivity index (χ0v) is 19.3. The van der Waals surface area contributed by atoms with Crippen molar-refractivity contribution in [3.63, 3.8) is 0 Å². The molecule has 0 radical (unpaired) electrons. The van der Waals surface area contributed by atoms with E-state index in [1.165, 1.54) is 16.0 Å². The second kappa shape index (κ2) is 9.38. The Bertz CT molecular complexity index is 966. The summed E-state index contributed by atoms with van der Waals surface area (Å²) in [6.07, 6.45) is 0.644. The number of hydrogen-bond donors (Lipinski definition) is 2. The van der Waals surface area contributed by atoms with E-state index in [-0.39, 0.29) is 18.0 Å². The van der Waals surface area contributed by atoms with Crippen LogP contribution in [0, 0.1) is 0 Å². The molecule has 4 rings (SSSR count). The smallest absolute Gasteiger partial charge is 0.322 e. The van der Waals surface area contributed by atoms with Gasteiger partial charge in [-0.3, -0.25) is 9.69 Å². The van der Waals surface area contributed by atoms with E-state index >= 15 is 0 Å². The van der Waals surface area contributed by atoms with Crippen molar-refractivity contribution in [1.29, 1.82) is 0 Å². The van der Waals surface area contributed by atoms with Crippen LogP contribution in [0.15, 0.2) is 46.9 Å². The van der Waals surface area contributed by atoms with Crippen molar-refractivity contribution in [2.75, 3.05) is 37.4 Å². The van der Waals surface area contributed by atoms with Gasteiger partial charge in [0.1, 0.15) is 12.1 Å². The highest BCUT2D eigenvalue weighted by Crippen LogP contribution is 2.26. The molecule has 2 atom stereocenters. The Morgan fingerprint density at radius 3 is 2.55 bits per heavy atom. The second-order valence-electron chi connectivity index (χ2n) is 7.90. The molecule has 1 fully saturated rings. The lowest BCUT2D eigenvalue weighted by atomic mass is 9.97. The standard InChI is InChI=1S/C23H27BrN4O3/c1-3-27-11-10-15-12-19(7-4-16(15)13-27)25-22(29)21-20(31-2)14-28(21)23(30)26-18-8-5-17(24)6-9-18/h4-9,12,20-21H,3,10-11,13-14H2,1-2H3,(H,25,29)(H,26,30)/t20-,21+/m0/s1. The minimum absolute atomic E-state index is 0.241. The summed E-state index contributed by atoms with van der Waals surface area (Å²) in [6, 6.07) is 12.4. The summed E-state index contributed by atoms with van der Waals surface area (Å²) in [4.78, 5) is 29.6. The third-order valence-corrected chi connectivity index (χ3v) is 6.53. The van der Waals surface area contributed by atoms with E-state index in [1.807, 2.05) is 24.3 Å². The summed E-state index contributed by atoms with van der Waals surface area (Å²) < 4.78 is 6.35. The lowest BCUT2D eigenvalue weighted by Gasteiger charge is -2.45. The number of likely N-dealkylation sites (tertiary alicyclic amines) is 1. The SMILES string of the molecule is CCN1CCc2cc(NC(=O)[C@H]3[C@@H](OC)CN3C(=O)Nc3ccc(Br)cc3)ccc2C1. The van der Waals surface area contributed by atoms with Gasteiger partial charge in [0.2, 0.25) is 5.91 Å². The molecule has 2 aliphatic rings. The lowest BCUT2D eigenvalue weighted by Crippen LogP contribution is -2.68. The van der Waals surface area contributed by atoms with E-state index < -0.39 is 6.04 Å². The highest BCUT2D eigenvalue weighted by molar-refractivity contribution is 9.10. The van der Waals surface area contributed by atoms with E-state index in [1.54, 1.807) is 19.2 Å². The second-order valence-corrected chi connectivity index (χ2v) is 8.82. The summed E-state index contributed by atoms with van der Waals surface area (Å²) in [5.74, 6) is -0.241. The summed E-state index contributed by atoms with van der Waals surface area (Å²) in [6.45, 7) is 5.55. The molecule has 0 unspecified atom stereocenters. The number of fused-ring (bicyclic) bond motifs is 1. The van der Waals surface area contributed by atoms with Gasteiger partial charge in [0, 0.05) is 36.0 Å². The first-order valence-corrected chi connectivity index (χ1v) is 11.3. The molecule has 2 aromatic carbocycles. The Hall–Kier alpha value is -2.42. The molecular weight excluding hydrogens is 460 g/mol. The summed E-state index contributed by atoms with van der Waals surface area (Å²) in [7, 11) is 1.56. The quantitative estimate of drug-likeness (QED) is 0.675. The lowest BCUT2D eigenvalue weighted by molar-refractivity contribution is -0.135. The predicted molar refractivity (Wildman–Crippen MR) is 124 cm³/mol. The Balaban J connectivity index is 1.42. The van der Waals surface area contributed by atoms with Crippen molar-refractivity contribution in [3.05, 3.63) is 58.1 Å². The van der Waals surface area contributed by atoms with E-state index in [2.05, 4.69) is 44.5 Å². The first-order chi connectivity index (χ1) is 15.0. The van der Waals surface area contributed by atoms with Crippen LogP contribution in [0.3, 0.4) is 0 Å². The third-order valence-electron chi connectivity index (χ3n) is 6.00. The van der Waals surface area contributed by atoms with Crippen molar-refractivity contribution in [2.45, 2.75) is 32.0 Å². The Kier molecular flexibility index (Phi) is 6.60. The number of benzene rings is 2. The monoisotopic (exact) mass is 486 g/mol. The maximum Gasteiger partial charge on any atom is 0.322 e. The molecule has 2 aromatic rings. The highest BCUT2D eigenvalue weighted by atomic mass is 79.9. The van der Waals surface area contributed by atoms with Crippen molar-refractivity contribution in [2.24, 2.45) is 0 Å². The topological polar surface area (TPSA) is 73.9 Å². The van der Waals surface area contributed by atoms with Crippen LogP contribution < -0.4 is 10.6 Å². The number of hydrogen-bond acceptors (Lipinski definition) is 4. The predicted octanol–water partition coefficient (Wildman–Crippen LogP) is 3.70. The van der Waals surface area contributed by atoms with Gasteiger partial charge >= 0.3 is 6.03 Å². The van der Waals surface area contributed by atoms with Gasteiger partial charge in [0.15, 0.2) is 0 Å². The number of carbonyl (C=O) groups excluding carboxylic acids is 2. The molecule has 7 nitrogen and oxygen atoms in total. The van der Waals surface area contributed by atoms with E-state index in [0.717, 1.165) is 36.2 Å². The molecule has 0 aromatic heterocycles. The Morgan fingerprint density at radius 2 is 1.84 bits per heavy atom. The first kappa shape index (κ1) is 21.8. The van der Waals surface area contributed by atoms with Crippen LogP contribution in [0.5, 0.6) is 0 Å². The van der Waals surface area contributed by atoms with Crippen LogP contribution in [-0.2, 0) is 22.5 Å². The average molecular weight is 487 g/mol. The number of methoxy groups -OCH3 is 1. The van der Waals surface area contributed by atoms with Gasteiger partial charge in [-0.25, -0.2) is 4.79 Å².